The van der Waals surface area contributed by atoms with E-state index in [1.165, 1.54) is 5.56 Å². The highest BCUT2D eigenvalue weighted by Gasteiger charge is 2.22. The van der Waals surface area contributed by atoms with Crippen LogP contribution in [-0.4, -0.2) is 10.2 Å². The summed E-state index contributed by atoms with van der Waals surface area (Å²) in [5.74, 6) is 0.722. The zero-order valence-corrected chi connectivity index (χ0v) is 17.2. The van der Waals surface area contributed by atoms with Crippen molar-refractivity contribution in [2.24, 2.45) is 0 Å². The Morgan fingerprint density at radius 3 is 1.89 bits per heavy atom. The number of fused-ring (bicyclic) bond motifs is 1. The van der Waals surface area contributed by atoms with E-state index in [4.69, 9.17) is 0 Å². The number of phenolic OH excluding ortho intramolecular Hbond substituents is 2. The van der Waals surface area contributed by atoms with Crippen molar-refractivity contribution in [3.8, 4) is 11.5 Å². The Hall–Kier alpha value is -2.48. The van der Waals surface area contributed by atoms with Crippen LogP contribution in [0, 0.1) is 0 Å². The number of rotatable bonds is 2. The molecule has 0 aliphatic rings. The van der Waals surface area contributed by atoms with Gasteiger partial charge in [0.1, 0.15) is 11.5 Å². The molecule has 27 heavy (non-hydrogen) atoms. The van der Waals surface area contributed by atoms with Gasteiger partial charge in [0.25, 0.3) is 0 Å². The summed E-state index contributed by atoms with van der Waals surface area (Å²) in [5, 5.41) is 23.1. The summed E-state index contributed by atoms with van der Waals surface area (Å²) in [5.41, 5.74) is 4.01. The van der Waals surface area contributed by atoms with E-state index < -0.39 is 0 Å². The van der Waals surface area contributed by atoms with Gasteiger partial charge in [0.05, 0.1) is 0 Å². The highest BCUT2D eigenvalue weighted by molar-refractivity contribution is 5.92. The SMILES string of the molecule is CC(C)(C)c1cc(Cc2cc(C(C)(C)C)c(O)c3ccccc23)ccc1O. The molecule has 0 amide bonds. The Kier molecular flexibility index (Phi) is 4.71. The lowest BCUT2D eigenvalue weighted by Gasteiger charge is -2.24. The van der Waals surface area contributed by atoms with Gasteiger partial charge in [-0.25, -0.2) is 0 Å². The molecular formula is C25H30O2. The summed E-state index contributed by atoms with van der Waals surface area (Å²) in [6.45, 7) is 12.7. The predicted molar refractivity (Wildman–Crippen MR) is 114 cm³/mol. The summed E-state index contributed by atoms with van der Waals surface area (Å²) in [6, 6.07) is 16.1. The zero-order chi connectivity index (χ0) is 20.0. The van der Waals surface area contributed by atoms with Gasteiger partial charge in [-0.1, -0.05) is 84.0 Å². The highest BCUT2D eigenvalue weighted by Crippen LogP contribution is 2.39. The van der Waals surface area contributed by atoms with Crippen LogP contribution < -0.4 is 0 Å². The minimum Gasteiger partial charge on any atom is -0.508 e. The van der Waals surface area contributed by atoms with Gasteiger partial charge in [-0.05, 0) is 45.4 Å². The maximum atomic E-state index is 10.8. The normalized spacial score (nSPS) is 12.5. The molecule has 142 valence electrons. The summed E-state index contributed by atoms with van der Waals surface area (Å²) < 4.78 is 0. The Morgan fingerprint density at radius 1 is 0.704 bits per heavy atom. The maximum Gasteiger partial charge on any atom is 0.127 e. The standard InChI is InChI=1S/C25H30O2/c1-24(2,3)20-14-16(11-12-22(20)26)13-17-15-21(25(4,5)6)23(27)19-10-8-7-9-18(17)19/h7-12,14-15,26-27H,13H2,1-6H3. The van der Waals surface area contributed by atoms with E-state index in [9.17, 15) is 10.2 Å². The number of aromatic hydroxyl groups is 2. The first-order chi connectivity index (χ1) is 12.5. The van der Waals surface area contributed by atoms with Gasteiger partial charge < -0.3 is 10.2 Å². The van der Waals surface area contributed by atoms with Crippen molar-refractivity contribution in [1.29, 1.82) is 0 Å². The highest BCUT2D eigenvalue weighted by atomic mass is 16.3. The Morgan fingerprint density at radius 2 is 1.30 bits per heavy atom. The molecule has 0 heterocycles. The van der Waals surface area contributed by atoms with Crippen LogP contribution in [-0.2, 0) is 17.3 Å². The Balaban J connectivity index is 2.17. The second kappa shape index (κ2) is 6.60. The van der Waals surface area contributed by atoms with Crippen LogP contribution in [0.4, 0.5) is 0 Å². The third kappa shape index (κ3) is 3.80. The first kappa shape index (κ1) is 19.3. The van der Waals surface area contributed by atoms with Gasteiger partial charge in [-0.3, -0.25) is 0 Å². The second-order valence-corrected chi connectivity index (χ2v) is 9.51. The third-order valence-electron chi connectivity index (χ3n) is 5.17. The first-order valence-corrected chi connectivity index (χ1v) is 9.55. The minimum absolute atomic E-state index is 0.117. The summed E-state index contributed by atoms with van der Waals surface area (Å²) in [4.78, 5) is 0. The maximum absolute atomic E-state index is 10.8. The topological polar surface area (TPSA) is 40.5 Å². The van der Waals surface area contributed by atoms with Crippen LogP contribution >= 0.6 is 0 Å². The molecule has 3 aromatic carbocycles. The van der Waals surface area contributed by atoms with E-state index in [1.807, 2.05) is 24.3 Å². The molecule has 0 fully saturated rings. The molecular weight excluding hydrogens is 332 g/mol. The van der Waals surface area contributed by atoms with Gasteiger partial charge in [-0.2, -0.15) is 0 Å². The van der Waals surface area contributed by atoms with E-state index in [0.717, 1.165) is 33.9 Å². The van der Waals surface area contributed by atoms with Crippen molar-refractivity contribution in [2.45, 2.75) is 58.8 Å². The fourth-order valence-electron chi connectivity index (χ4n) is 3.67. The zero-order valence-electron chi connectivity index (χ0n) is 17.2. The van der Waals surface area contributed by atoms with E-state index in [2.05, 4.69) is 59.7 Å². The molecule has 0 saturated carbocycles. The molecule has 0 bridgehead atoms. The smallest absolute Gasteiger partial charge is 0.127 e. The van der Waals surface area contributed by atoms with Crippen molar-refractivity contribution in [2.75, 3.05) is 0 Å². The van der Waals surface area contributed by atoms with Crippen LogP contribution in [0.5, 0.6) is 11.5 Å². The van der Waals surface area contributed by atoms with Crippen molar-refractivity contribution in [3.05, 3.63) is 70.8 Å². The number of phenols is 2. The fraction of sp³-hybridized carbons (Fsp3) is 0.360. The molecule has 0 saturated heterocycles. The summed E-state index contributed by atoms with van der Waals surface area (Å²) in [6.07, 6.45) is 0.757. The lowest BCUT2D eigenvalue weighted by Crippen LogP contribution is -2.13. The van der Waals surface area contributed by atoms with Crippen molar-refractivity contribution < 1.29 is 10.2 Å². The van der Waals surface area contributed by atoms with Gasteiger partial charge in [0.2, 0.25) is 0 Å². The van der Waals surface area contributed by atoms with Gasteiger partial charge in [0, 0.05) is 10.9 Å². The molecule has 2 nitrogen and oxygen atoms in total. The van der Waals surface area contributed by atoms with Crippen LogP contribution in [0.3, 0.4) is 0 Å². The molecule has 0 atom stereocenters. The molecule has 0 aliphatic heterocycles. The summed E-state index contributed by atoms with van der Waals surface area (Å²) >= 11 is 0. The lowest BCUT2D eigenvalue weighted by molar-refractivity contribution is 0.446. The monoisotopic (exact) mass is 362 g/mol. The average molecular weight is 363 g/mol. The molecule has 3 aromatic rings. The fourth-order valence-corrected chi connectivity index (χ4v) is 3.67. The van der Waals surface area contributed by atoms with Crippen LogP contribution in [0.25, 0.3) is 10.8 Å². The molecule has 2 heteroatoms. The predicted octanol–water partition coefficient (Wildman–Crippen LogP) is 6.44. The molecule has 0 radical (unpaired) electrons. The quantitative estimate of drug-likeness (QED) is 0.551. The van der Waals surface area contributed by atoms with E-state index in [0.29, 0.717) is 11.5 Å². The molecule has 0 aliphatic carbocycles. The van der Waals surface area contributed by atoms with Gasteiger partial charge in [0.15, 0.2) is 0 Å². The Bertz CT molecular complexity index is 986. The first-order valence-electron chi connectivity index (χ1n) is 9.55. The molecule has 3 rings (SSSR count). The van der Waals surface area contributed by atoms with Gasteiger partial charge >= 0.3 is 0 Å². The number of benzene rings is 3. The van der Waals surface area contributed by atoms with Crippen molar-refractivity contribution in [1.82, 2.24) is 0 Å². The molecule has 0 spiro atoms. The molecule has 2 N–H and O–H groups in total. The minimum atomic E-state index is -0.144. The van der Waals surface area contributed by atoms with Gasteiger partial charge in [-0.15, -0.1) is 0 Å². The summed E-state index contributed by atoms with van der Waals surface area (Å²) in [7, 11) is 0. The number of hydrogen-bond acceptors (Lipinski definition) is 2. The molecule has 0 aromatic heterocycles. The average Bonchev–Trinajstić information content (AvgIpc) is 2.57. The Labute approximate surface area is 162 Å². The largest absolute Gasteiger partial charge is 0.508 e. The van der Waals surface area contributed by atoms with Crippen LogP contribution in [0.2, 0.25) is 0 Å². The van der Waals surface area contributed by atoms with Crippen LogP contribution in [0.15, 0.2) is 48.5 Å². The van der Waals surface area contributed by atoms with E-state index in [1.54, 1.807) is 6.07 Å². The van der Waals surface area contributed by atoms with E-state index >= 15 is 0 Å². The number of hydrogen-bond donors (Lipinski definition) is 2. The lowest BCUT2D eigenvalue weighted by atomic mass is 9.81. The van der Waals surface area contributed by atoms with Crippen molar-refractivity contribution in [3.63, 3.8) is 0 Å². The van der Waals surface area contributed by atoms with E-state index in [-0.39, 0.29) is 10.8 Å². The van der Waals surface area contributed by atoms with Crippen molar-refractivity contribution >= 4 is 10.8 Å². The molecule has 0 unspecified atom stereocenters. The van der Waals surface area contributed by atoms with Crippen LogP contribution in [0.1, 0.15) is 63.8 Å². The second-order valence-electron chi connectivity index (χ2n) is 9.51. The third-order valence-corrected chi connectivity index (χ3v) is 5.17.